The summed E-state index contributed by atoms with van der Waals surface area (Å²) in [4.78, 5) is 23.0. The highest BCUT2D eigenvalue weighted by Gasteiger charge is 2.24. The smallest absolute Gasteiger partial charge is 0.330 e. The van der Waals surface area contributed by atoms with E-state index in [2.05, 4.69) is 5.32 Å². The molecule has 104 valence electrons. The van der Waals surface area contributed by atoms with Crippen molar-refractivity contribution in [3.8, 4) is 0 Å². The van der Waals surface area contributed by atoms with Gasteiger partial charge in [0.05, 0.1) is 0 Å². The summed E-state index contributed by atoms with van der Waals surface area (Å²) in [6.45, 7) is 3.71. The summed E-state index contributed by atoms with van der Waals surface area (Å²) in [7, 11) is 0. The number of halogens is 1. The molecule has 0 aliphatic rings. The lowest BCUT2D eigenvalue weighted by molar-refractivity contribution is -0.144. The molecule has 0 radical (unpaired) electrons. The summed E-state index contributed by atoms with van der Waals surface area (Å²) in [5.74, 6) is -1.61. The third-order valence-corrected chi connectivity index (χ3v) is 2.77. The van der Waals surface area contributed by atoms with Crippen LogP contribution in [-0.4, -0.2) is 29.7 Å². The highest BCUT2D eigenvalue weighted by atomic mass is 35.5. The fourth-order valence-electron chi connectivity index (χ4n) is 1.53. The van der Waals surface area contributed by atoms with Gasteiger partial charge in [-0.25, -0.2) is 4.79 Å². The Hall–Kier alpha value is -1.59. The Morgan fingerprint density at radius 1 is 1.37 bits per heavy atom. The SMILES string of the molecule is CCOC(C)C(=O)NC(C(=O)O)c1ccc(Cl)cc1. The van der Waals surface area contributed by atoms with Gasteiger partial charge in [0.2, 0.25) is 5.91 Å². The van der Waals surface area contributed by atoms with Crippen LogP contribution in [0.1, 0.15) is 25.5 Å². The van der Waals surface area contributed by atoms with Crippen molar-refractivity contribution in [1.29, 1.82) is 0 Å². The third kappa shape index (κ3) is 4.54. The molecule has 0 aliphatic heterocycles. The van der Waals surface area contributed by atoms with Crippen molar-refractivity contribution in [1.82, 2.24) is 5.32 Å². The average molecular weight is 286 g/mol. The molecule has 0 saturated heterocycles. The van der Waals surface area contributed by atoms with Crippen LogP contribution in [0.15, 0.2) is 24.3 Å². The number of carbonyl (C=O) groups excluding carboxylic acids is 1. The number of amides is 1. The molecule has 1 aromatic carbocycles. The summed E-state index contributed by atoms with van der Waals surface area (Å²) < 4.78 is 5.11. The molecule has 2 N–H and O–H groups in total. The first kappa shape index (κ1) is 15.5. The number of nitrogens with one attached hydrogen (secondary N) is 1. The topological polar surface area (TPSA) is 75.6 Å². The first-order valence-electron chi connectivity index (χ1n) is 5.86. The van der Waals surface area contributed by atoms with Gasteiger partial charge in [-0.05, 0) is 31.5 Å². The molecule has 1 aromatic rings. The van der Waals surface area contributed by atoms with Crippen LogP contribution >= 0.6 is 11.6 Å². The van der Waals surface area contributed by atoms with Gasteiger partial charge in [-0.3, -0.25) is 4.79 Å². The van der Waals surface area contributed by atoms with Crippen LogP contribution in [0.4, 0.5) is 0 Å². The molecule has 0 fully saturated rings. The second-order valence-corrected chi connectivity index (χ2v) is 4.37. The molecule has 1 amide bonds. The average Bonchev–Trinajstić information content (AvgIpc) is 2.37. The lowest BCUT2D eigenvalue weighted by atomic mass is 10.1. The Bertz CT molecular complexity index is 446. The lowest BCUT2D eigenvalue weighted by Crippen LogP contribution is -2.40. The van der Waals surface area contributed by atoms with Gasteiger partial charge in [0.1, 0.15) is 6.10 Å². The molecule has 19 heavy (non-hydrogen) atoms. The van der Waals surface area contributed by atoms with Crippen LogP contribution in [0.5, 0.6) is 0 Å². The number of hydrogen-bond acceptors (Lipinski definition) is 3. The maximum atomic E-state index is 11.8. The van der Waals surface area contributed by atoms with E-state index in [1.807, 2.05) is 0 Å². The fraction of sp³-hybridized carbons (Fsp3) is 0.385. The molecular formula is C13H16ClNO4. The van der Waals surface area contributed by atoms with E-state index in [4.69, 9.17) is 21.4 Å². The number of carboxylic acids is 1. The zero-order chi connectivity index (χ0) is 14.4. The van der Waals surface area contributed by atoms with Crippen LogP contribution < -0.4 is 5.32 Å². The van der Waals surface area contributed by atoms with Crippen molar-refractivity contribution >= 4 is 23.5 Å². The van der Waals surface area contributed by atoms with Crippen LogP contribution in [0.25, 0.3) is 0 Å². The molecule has 2 atom stereocenters. The molecule has 0 saturated carbocycles. The summed E-state index contributed by atoms with van der Waals surface area (Å²) in [6.07, 6.45) is -0.695. The predicted octanol–water partition coefficient (Wildman–Crippen LogP) is 2.01. The number of aliphatic carboxylic acids is 1. The van der Waals surface area contributed by atoms with E-state index in [1.165, 1.54) is 0 Å². The second-order valence-electron chi connectivity index (χ2n) is 3.93. The standard InChI is InChI=1S/C13H16ClNO4/c1-3-19-8(2)12(16)15-11(13(17)18)9-4-6-10(14)7-5-9/h4-8,11H,3H2,1-2H3,(H,15,16)(H,17,18). The van der Waals surface area contributed by atoms with E-state index < -0.39 is 24.0 Å². The van der Waals surface area contributed by atoms with Crippen LogP contribution in [0.2, 0.25) is 5.02 Å². The Morgan fingerprint density at radius 3 is 2.42 bits per heavy atom. The van der Waals surface area contributed by atoms with Crippen molar-refractivity contribution in [3.05, 3.63) is 34.9 Å². The molecule has 0 spiro atoms. The maximum absolute atomic E-state index is 11.8. The van der Waals surface area contributed by atoms with Crippen molar-refractivity contribution < 1.29 is 19.4 Å². The summed E-state index contributed by atoms with van der Waals surface area (Å²) >= 11 is 5.74. The normalized spacial score (nSPS) is 13.6. The van der Waals surface area contributed by atoms with Crippen molar-refractivity contribution in [3.63, 3.8) is 0 Å². The predicted molar refractivity (Wildman–Crippen MR) is 71.1 cm³/mol. The summed E-state index contributed by atoms with van der Waals surface area (Å²) in [6, 6.07) is 5.16. The molecule has 0 heterocycles. The van der Waals surface area contributed by atoms with Crippen LogP contribution in [0, 0.1) is 0 Å². The minimum atomic E-state index is -1.14. The first-order chi connectivity index (χ1) is 8.95. The number of rotatable bonds is 6. The Kier molecular flexibility index (Phi) is 5.79. The molecule has 5 nitrogen and oxygen atoms in total. The Morgan fingerprint density at radius 2 is 1.95 bits per heavy atom. The van der Waals surface area contributed by atoms with E-state index in [-0.39, 0.29) is 0 Å². The lowest BCUT2D eigenvalue weighted by Gasteiger charge is -2.18. The molecule has 0 bridgehead atoms. The zero-order valence-corrected chi connectivity index (χ0v) is 11.5. The van der Waals surface area contributed by atoms with Crippen LogP contribution in [0.3, 0.4) is 0 Å². The van der Waals surface area contributed by atoms with Gasteiger partial charge in [0, 0.05) is 11.6 Å². The highest BCUT2D eigenvalue weighted by Crippen LogP contribution is 2.17. The maximum Gasteiger partial charge on any atom is 0.330 e. The largest absolute Gasteiger partial charge is 0.479 e. The first-order valence-corrected chi connectivity index (χ1v) is 6.23. The van der Waals surface area contributed by atoms with Gasteiger partial charge in [-0.1, -0.05) is 23.7 Å². The van der Waals surface area contributed by atoms with Gasteiger partial charge >= 0.3 is 5.97 Å². The second kappa shape index (κ2) is 7.11. The fourth-order valence-corrected chi connectivity index (χ4v) is 1.65. The molecule has 2 unspecified atom stereocenters. The Balaban J connectivity index is 2.82. The molecule has 6 heteroatoms. The van der Waals surface area contributed by atoms with E-state index in [0.29, 0.717) is 17.2 Å². The number of benzene rings is 1. The van der Waals surface area contributed by atoms with Gasteiger partial charge in [0.25, 0.3) is 0 Å². The minimum Gasteiger partial charge on any atom is -0.479 e. The molecule has 0 aliphatic carbocycles. The number of hydrogen-bond donors (Lipinski definition) is 2. The quantitative estimate of drug-likeness (QED) is 0.838. The van der Waals surface area contributed by atoms with E-state index in [9.17, 15) is 9.59 Å². The van der Waals surface area contributed by atoms with Crippen molar-refractivity contribution in [2.75, 3.05) is 6.61 Å². The molecular weight excluding hydrogens is 270 g/mol. The van der Waals surface area contributed by atoms with E-state index in [1.54, 1.807) is 38.1 Å². The highest BCUT2D eigenvalue weighted by molar-refractivity contribution is 6.30. The number of carbonyl (C=O) groups is 2. The molecule has 0 aromatic heterocycles. The van der Waals surface area contributed by atoms with Gasteiger partial charge in [-0.15, -0.1) is 0 Å². The van der Waals surface area contributed by atoms with E-state index in [0.717, 1.165) is 0 Å². The molecule has 1 rings (SSSR count). The van der Waals surface area contributed by atoms with Crippen LogP contribution in [-0.2, 0) is 14.3 Å². The monoisotopic (exact) mass is 285 g/mol. The van der Waals surface area contributed by atoms with E-state index >= 15 is 0 Å². The zero-order valence-electron chi connectivity index (χ0n) is 10.7. The third-order valence-electron chi connectivity index (χ3n) is 2.52. The minimum absolute atomic E-state index is 0.382. The van der Waals surface area contributed by atoms with Crippen molar-refractivity contribution in [2.24, 2.45) is 0 Å². The van der Waals surface area contributed by atoms with Crippen molar-refractivity contribution in [2.45, 2.75) is 26.0 Å². The Labute approximate surface area is 116 Å². The summed E-state index contributed by atoms with van der Waals surface area (Å²) in [5.41, 5.74) is 0.453. The van der Waals surface area contributed by atoms with Gasteiger partial charge in [0.15, 0.2) is 6.04 Å². The van der Waals surface area contributed by atoms with Gasteiger partial charge < -0.3 is 15.2 Å². The summed E-state index contributed by atoms with van der Waals surface area (Å²) in [5, 5.41) is 12.1. The number of carboxylic acid groups (broad SMARTS) is 1. The van der Waals surface area contributed by atoms with Gasteiger partial charge in [-0.2, -0.15) is 0 Å². The number of ether oxygens (including phenoxy) is 1.